The maximum atomic E-state index is 11.8. The lowest BCUT2D eigenvalue weighted by Crippen LogP contribution is -2.25. The Morgan fingerprint density at radius 2 is 1.91 bits per heavy atom. The molecule has 22 heavy (non-hydrogen) atoms. The third-order valence-corrected chi connectivity index (χ3v) is 3.86. The van der Waals surface area contributed by atoms with Crippen LogP contribution in [0.5, 0.6) is 5.75 Å². The molecule has 1 amide bonds. The van der Waals surface area contributed by atoms with Gasteiger partial charge in [0.25, 0.3) is 5.91 Å². The fourth-order valence-corrected chi connectivity index (χ4v) is 2.96. The molecular weight excluding hydrogens is 416 g/mol. The number of nitrogens with zero attached hydrogens (tertiary/aromatic N) is 1. The highest BCUT2D eigenvalue weighted by molar-refractivity contribution is 9.11. The molecule has 7 heteroatoms. The van der Waals surface area contributed by atoms with Crippen LogP contribution in [-0.4, -0.2) is 22.3 Å². The van der Waals surface area contributed by atoms with E-state index in [1.807, 2.05) is 0 Å². The summed E-state index contributed by atoms with van der Waals surface area (Å²) in [6.45, 7) is 0. The third kappa shape index (κ3) is 4.16. The van der Waals surface area contributed by atoms with Gasteiger partial charge in [-0.15, -0.1) is 0 Å². The number of hydrazone groups is 1. The summed E-state index contributed by atoms with van der Waals surface area (Å²) in [4.78, 5) is 11.8. The molecule has 0 saturated carbocycles. The first-order chi connectivity index (χ1) is 10.5. The Morgan fingerprint density at radius 3 is 2.59 bits per heavy atom. The molecule has 0 aliphatic carbocycles. The summed E-state index contributed by atoms with van der Waals surface area (Å²) >= 11 is 6.49. The molecule has 114 valence electrons. The number of phenols is 1. The van der Waals surface area contributed by atoms with Gasteiger partial charge in [-0.3, -0.25) is 4.79 Å². The summed E-state index contributed by atoms with van der Waals surface area (Å²) in [6.07, 6.45) is -0.0123. The minimum atomic E-state index is -1.30. The number of carbonyl (C=O) groups excluding carboxylic acids is 1. The summed E-state index contributed by atoms with van der Waals surface area (Å²) in [5, 5.41) is 23.5. The number of hydrogen-bond donors (Lipinski definition) is 3. The fraction of sp³-hybridized carbons (Fsp3) is 0.0667. The molecule has 0 spiro atoms. The van der Waals surface area contributed by atoms with Crippen LogP contribution in [-0.2, 0) is 4.79 Å². The molecule has 2 aromatic rings. The van der Waals surface area contributed by atoms with E-state index in [2.05, 4.69) is 42.4 Å². The minimum absolute atomic E-state index is 0.00445. The van der Waals surface area contributed by atoms with Gasteiger partial charge in [0.1, 0.15) is 5.75 Å². The largest absolute Gasteiger partial charge is 0.506 e. The molecule has 2 aromatic carbocycles. The lowest BCUT2D eigenvalue weighted by Gasteiger charge is -2.08. The van der Waals surface area contributed by atoms with Gasteiger partial charge in [0.15, 0.2) is 6.10 Å². The molecule has 2 rings (SSSR count). The first-order valence-corrected chi connectivity index (χ1v) is 7.81. The second kappa shape index (κ2) is 7.53. The Bertz CT molecular complexity index is 705. The van der Waals surface area contributed by atoms with Crippen LogP contribution in [0.1, 0.15) is 17.2 Å². The number of hydrogen-bond acceptors (Lipinski definition) is 4. The number of amides is 1. The average molecular weight is 428 g/mol. The maximum absolute atomic E-state index is 11.8. The lowest BCUT2D eigenvalue weighted by atomic mass is 10.1. The summed E-state index contributed by atoms with van der Waals surface area (Å²) in [6, 6.07) is 11.9. The Hall–Kier alpha value is -1.70. The number of aromatic hydroxyl groups is 1. The van der Waals surface area contributed by atoms with Crippen LogP contribution in [0.15, 0.2) is 56.5 Å². The van der Waals surface area contributed by atoms with E-state index in [9.17, 15) is 15.0 Å². The second-order valence-corrected chi connectivity index (χ2v) is 6.14. The maximum Gasteiger partial charge on any atom is 0.273 e. The normalized spacial score (nSPS) is 12.3. The van der Waals surface area contributed by atoms with Gasteiger partial charge >= 0.3 is 0 Å². The molecule has 0 aliphatic rings. The van der Waals surface area contributed by atoms with Crippen molar-refractivity contribution < 1.29 is 15.0 Å². The van der Waals surface area contributed by atoms with Crippen molar-refractivity contribution >= 4 is 44.0 Å². The monoisotopic (exact) mass is 426 g/mol. The van der Waals surface area contributed by atoms with Crippen LogP contribution in [0.3, 0.4) is 0 Å². The zero-order valence-corrected chi connectivity index (χ0v) is 14.4. The van der Waals surface area contributed by atoms with Crippen molar-refractivity contribution in [1.29, 1.82) is 0 Å². The third-order valence-electron chi connectivity index (χ3n) is 2.80. The van der Waals surface area contributed by atoms with E-state index < -0.39 is 12.0 Å². The summed E-state index contributed by atoms with van der Waals surface area (Å²) in [5.41, 5.74) is 3.12. The standard InChI is InChI=1S/C15H12Br2N2O3/c16-11-6-10(13(20)12(17)7-11)8-18-19-15(22)14(21)9-4-2-1-3-5-9/h1-8,14,20-21H,(H,19,22). The Labute approximate surface area is 143 Å². The quantitative estimate of drug-likeness (QED) is 0.518. The molecule has 0 bridgehead atoms. The van der Waals surface area contributed by atoms with Gasteiger partial charge in [-0.05, 0) is 33.6 Å². The molecule has 1 atom stereocenters. The number of aliphatic hydroxyl groups excluding tert-OH is 1. The van der Waals surface area contributed by atoms with E-state index >= 15 is 0 Å². The van der Waals surface area contributed by atoms with Crippen LogP contribution in [0.4, 0.5) is 0 Å². The van der Waals surface area contributed by atoms with Gasteiger partial charge in [-0.25, -0.2) is 5.43 Å². The molecule has 3 N–H and O–H groups in total. The van der Waals surface area contributed by atoms with E-state index in [0.29, 0.717) is 15.6 Å². The fourth-order valence-electron chi connectivity index (χ4n) is 1.70. The van der Waals surface area contributed by atoms with Gasteiger partial charge in [0.2, 0.25) is 0 Å². The van der Waals surface area contributed by atoms with Gasteiger partial charge in [0.05, 0.1) is 10.7 Å². The van der Waals surface area contributed by atoms with Crippen LogP contribution < -0.4 is 5.43 Å². The lowest BCUT2D eigenvalue weighted by molar-refractivity contribution is -0.129. The molecule has 0 fully saturated rings. The number of phenolic OH excluding ortho intramolecular Hbond substituents is 1. The van der Waals surface area contributed by atoms with E-state index in [1.54, 1.807) is 42.5 Å². The van der Waals surface area contributed by atoms with Crippen LogP contribution >= 0.6 is 31.9 Å². The first-order valence-electron chi connectivity index (χ1n) is 6.23. The average Bonchev–Trinajstić information content (AvgIpc) is 2.51. The molecule has 0 heterocycles. The summed E-state index contributed by atoms with van der Waals surface area (Å²) < 4.78 is 1.24. The van der Waals surface area contributed by atoms with Gasteiger partial charge in [0, 0.05) is 10.0 Å². The van der Waals surface area contributed by atoms with Crippen LogP contribution in [0.25, 0.3) is 0 Å². The number of rotatable bonds is 4. The molecule has 5 nitrogen and oxygen atoms in total. The van der Waals surface area contributed by atoms with E-state index in [0.717, 1.165) is 4.47 Å². The molecule has 0 aromatic heterocycles. The summed E-state index contributed by atoms with van der Waals surface area (Å²) in [7, 11) is 0. The minimum Gasteiger partial charge on any atom is -0.506 e. The molecular formula is C15H12Br2N2O3. The molecule has 0 aliphatic heterocycles. The van der Waals surface area contributed by atoms with Gasteiger partial charge in [-0.1, -0.05) is 46.3 Å². The predicted octanol–water partition coefficient (Wildman–Crippen LogP) is 3.10. The second-order valence-electron chi connectivity index (χ2n) is 4.37. The molecule has 0 radical (unpaired) electrons. The van der Waals surface area contributed by atoms with Crippen molar-refractivity contribution in [3.8, 4) is 5.75 Å². The number of benzene rings is 2. The predicted molar refractivity (Wildman–Crippen MR) is 90.6 cm³/mol. The zero-order valence-electron chi connectivity index (χ0n) is 11.2. The Kier molecular flexibility index (Phi) is 5.70. The van der Waals surface area contributed by atoms with Crippen molar-refractivity contribution in [2.24, 2.45) is 5.10 Å². The highest BCUT2D eigenvalue weighted by Crippen LogP contribution is 2.30. The van der Waals surface area contributed by atoms with Crippen molar-refractivity contribution in [2.75, 3.05) is 0 Å². The zero-order chi connectivity index (χ0) is 16.1. The van der Waals surface area contributed by atoms with Crippen molar-refractivity contribution in [3.63, 3.8) is 0 Å². The first kappa shape index (κ1) is 16.7. The van der Waals surface area contributed by atoms with E-state index in [4.69, 9.17) is 0 Å². The smallest absolute Gasteiger partial charge is 0.273 e. The highest BCUT2D eigenvalue weighted by atomic mass is 79.9. The number of aliphatic hydroxyl groups is 1. The van der Waals surface area contributed by atoms with E-state index in [1.165, 1.54) is 6.21 Å². The van der Waals surface area contributed by atoms with Crippen LogP contribution in [0, 0.1) is 0 Å². The Morgan fingerprint density at radius 1 is 1.23 bits per heavy atom. The van der Waals surface area contributed by atoms with Crippen molar-refractivity contribution in [1.82, 2.24) is 5.43 Å². The van der Waals surface area contributed by atoms with Crippen LogP contribution in [0.2, 0.25) is 0 Å². The topological polar surface area (TPSA) is 81.9 Å². The summed E-state index contributed by atoms with van der Waals surface area (Å²) in [5.74, 6) is -0.652. The highest BCUT2D eigenvalue weighted by Gasteiger charge is 2.16. The number of nitrogens with one attached hydrogen (secondary N) is 1. The van der Waals surface area contributed by atoms with Crippen molar-refractivity contribution in [3.05, 3.63) is 62.5 Å². The Balaban J connectivity index is 2.05. The van der Waals surface area contributed by atoms with Gasteiger partial charge in [-0.2, -0.15) is 5.10 Å². The van der Waals surface area contributed by atoms with Crippen molar-refractivity contribution in [2.45, 2.75) is 6.10 Å². The number of halogens is 2. The molecule has 1 unspecified atom stereocenters. The van der Waals surface area contributed by atoms with E-state index in [-0.39, 0.29) is 5.75 Å². The van der Waals surface area contributed by atoms with Gasteiger partial charge < -0.3 is 10.2 Å². The number of carbonyl (C=O) groups is 1. The SMILES string of the molecule is O=C(NN=Cc1cc(Br)cc(Br)c1O)C(O)c1ccccc1. The molecule has 0 saturated heterocycles.